The number of ether oxygens (including phenoxy) is 1. The lowest BCUT2D eigenvalue weighted by atomic mass is 10.1. The molecule has 1 N–H and O–H groups in total. The van der Waals surface area contributed by atoms with Crippen molar-refractivity contribution in [3.8, 4) is 5.75 Å². The Kier molecular flexibility index (Phi) is 10.3. The first-order valence-electron chi connectivity index (χ1n) is 12.2. The highest BCUT2D eigenvalue weighted by Crippen LogP contribution is 2.25. The van der Waals surface area contributed by atoms with Crippen molar-refractivity contribution in [3.05, 3.63) is 59.2 Å². The van der Waals surface area contributed by atoms with E-state index in [4.69, 9.17) is 4.74 Å². The Labute approximate surface area is 215 Å². The quantitative estimate of drug-likeness (QED) is 0.462. The maximum Gasteiger partial charge on any atom is 0.244 e. The van der Waals surface area contributed by atoms with Crippen molar-refractivity contribution in [1.82, 2.24) is 10.2 Å². The molecular weight excluding hydrogens is 478 g/mol. The van der Waals surface area contributed by atoms with Gasteiger partial charge in [0, 0.05) is 12.6 Å². The van der Waals surface area contributed by atoms with Gasteiger partial charge in [0.1, 0.15) is 18.3 Å². The summed E-state index contributed by atoms with van der Waals surface area (Å²) in [6, 6.07) is 11.8. The Morgan fingerprint density at radius 3 is 2.31 bits per heavy atom. The molecule has 2 aromatic rings. The molecule has 0 aliphatic heterocycles. The average Bonchev–Trinajstić information content (AvgIpc) is 2.82. The highest BCUT2D eigenvalue weighted by molar-refractivity contribution is 7.92. The van der Waals surface area contributed by atoms with Crippen LogP contribution in [0.25, 0.3) is 0 Å². The maximum atomic E-state index is 13.8. The molecule has 0 aliphatic rings. The van der Waals surface area contributed by atoms with E-state index >= 15 is 0 Å². The van der Waals surface area contributed by atoms with Crippen molar-refractivity contribution in [3.63, 3.8) is 0 Å². The van der Waals surface area contributed by atoms with Gasteiger partial charge < -0.3 is 15.0 Å². The van der Waals surface area contributed by atoms with Crippen LogP contribution in [0.5, 0.6) is 5.75 Å². The molecule has 2 rings (SSSR count). The zero-order chi connectivity index (χ0) is 27.0. The van der Waals surface area contributed by atoms with Crippen molar-refractivity contribution < 1.29 is 22.7 Å². The second kappa shape index (κ2) is 12.8. The van der Waals surface area contributed by atoms with E-state index in [1.54, 1.807) is 25.3 Å². The minimum absolute atomic E-state index is 0.0527. The van der Waals surface area contributed by atoms with Gasteiger partial charge in [0.25, 0.3) is 0 Å². The van der Waals surface area contributed by atoms with Crippen molar-refractivity contribution in [2.45, 2.75) is 66.1 Å². The van der Waals surface area contributed by atoms with E-state index in [1.807, 2.05) is 58.9 Å². The summed E-state index contributed by atoms with van der Waals surface area (Å²) in [5.41, 5.74) is 2.95. The molecule has 2 aromatic carbocycles. The third kappa shape index (κ3) is 7.71. The number of carbonyl (C=O) groups excluding carboxylic acids is 2. The lowest BCUT2D eigenvalue weighted by molar-refractivity contribution is -0.140. The molecule has 0 bridgehead atoms. The average molecular weight is 518 g/mol. The van der Waals surface area contributed by atoms with Gasteiger partial charge in [0.05, 0.1) is 19.1 Å². The van der Waals surface area contributed by atoms with E-state index in [-0.39, 0.29) is 18.5 Å². The summed E-state index contributed by atoms with van der Waals surface area (Å²) in [5.74, 6) is -0.0973. The first-order chi connectivity index (χ1) is 16.9. The van der Waals surface area contributed by atoms with Crippen molar-refractivity contribution >= 4 is 27.5 Å². The zero-order valence-electron chi connectivity index (χ0n) is 22.4. The van der Waals surface area contributed by atoms with E-state index in [0.29, 0.717) is 17.9 Å². The van der Waals surface area contributed by atoms with Gasteiger partial charge in [-0.1, -0.05) is 43.7 Å². The highest BCUT2D eigenvalue weighted by atomic mass is 32.2. The summed E-state index contributed by atoms with van der Waals surface area (Å²) in [5, 5.41) is 2.97. The molecule has 0 unspecified atom stereocenters. The highest BCUT2D eigenvalue weighted by Gasteiger charge is 2.32. The Morgan fingerprint density at radius 2 is 1.75 bits per heavy atom. The smallest absolute Gasteiger partial charge is 0.244 e. The van der Waals surface area contributed by atoms with E-state index in [9.17, 15) is 18.0 Å². The third-order valence-electron chi connectivity index (χ3n) is 6.17. The summed E-state index contributed by atoms with van der Waals surface area (Å²) < 4.78 is 32.0. The summed E-state index contributed by atoms with van der Waals surface area (Å²) in [7, 11) is -2.22. The van der Waals surface area contributed by atoms with Gasteiger partial charge in [-0.2, -0.15) is 0 Å². The minimum Gasteiger partial charge on any atom is -0.497 e. The molecule has 198 valence electrons. The van der Waals surface area contributed by atoms with Crippen molar-refractivity contribution in [2.24, 2.45) is 0 Å². The van der Waals surface area contributed by atoms with Gasteiger partial charge in [0.2, 0.25) is 21.8 Å². The van der Waals surface area contributed by atoms with Crippen LogP contribution in [0.15, 0.2) is 42.5 Å². The number of anilines is 1. The number of benzene rings is 2. The maximum absolute atomic E-state index is 13.8. The Morgan fingerprint density at radius 1 is 1.06 bits per heavy atom. The predicted octanol–water partition coefficient (Wildman–Crippen LogP) is 3.80. The molecule has 0 radical (unpaired) electrons. The van der Waals surface area contributed by atoms with Crippen LogP contribution in [0, 0.1) is 13.8 Å². The predicted molar refractivity (Wildman–Crippen MR) is 144 cm³/mol. The first kappa shape index (κ1) is 29.2. The number of carbonyl (C=O) groups is 2. The van der Waals surface area contributed by atoms with E-state index in [1.165, 1.54) is 4.90 Å². The van der Waals surface area contributed by atoms with E-state index < -0.39 is 28.5 Å². The van der Waals surface area contributed by atoms with Crippen LogP contribution < -0.4 is 14.4 Å². The van der Waals surface area contributed by atoms with E-state index in [2.05, 4.69) is 5.32 Å². The number of hydrogen-bond acceptors (Lipinski definition) is 5. The Hall–Kier alpha value is -3.07. The van der Waals surface area contributed by atoms with Crippen LogP contribution in [0.1, 0.15) is 50.3 Å². The summed E-state index contributed by atoms with van der Waals surface area (Å²) in [6.07, 6.45) is 2.21. The fourth-order valence-corrected chi connectivity index (χ4v) is 4.92. The molecular formula is C27H39N3O5S. The number of amides is 2. The molecule has 2 atom stereocenters. The molecule has 0 heterocycles. The normalized spacial score (nSPS) is 13.0. The second-order valence-electron chi connectivity index (χ2n) is 9.17. The lowest BCUT2D eigenvalue weighted by Gasteiger charge is -2.33. The molecule has 0 aromatic heterocycles. The lowest BCUT2D eigenvalue weighted by Crippen LogP contribution is -2.53. The van der Waals surface area contributed by atoms with Gasteiger partial charge in [-0.3, -0.25) is 13.9 Å². The number of nitrogens with zero attached hydrogens (tertiary/aromatic N) is 2. The number of nitrogens with one attached hydrogen (secondary N) is 1. The Bertz CT molecular complexity index is 1170. The number of hydrogen-bond donors (Lipinski definition) is 1. The number of sulfonamides is 1. The van der Waals surface area contributed by atoms with Gasteiger partial charge in [-0.05, 0) is 62.9 Å². The topological polar surface area (TPSA) is 96.0 Å². The first-order valence-corrected chi connectivity index (χ1v) is 14.0. The summed E-state index contributed by atoms with van der Waals surface area (Å²) >= 11 is 0. The molecule has 36 heavy (non-hydrogen) atoms. The largest absolute Gasteiger partial charge is 0.497 e. The van der Waals surface area contributed by atoms with Crippen LogP contribution >= 0.6 is 0 Å². The van der Waals surface area contributed by atoms with Crippen molar-refractivity contribution in [2.75, 3.05) is 24.2 Å². The van der Waals surface area contributed by atoms with Crippen LogP contribution in [-0.4, -0.2) is 57.1 Å². The molecule has 9 heteroatoms. The number of rotatable bonds is 12. The summed E-state index contributed by atoms with van der Waals surface area (Å²) in [6.45, 7) is 9.17. The van der Waals surface area contributed by atoms with Crippen molar-refractivity contribution in [1.29, 1.82) is 0 Å². The van der Waals surface area contributed by atoms with Gasteiger partial charge in [0.15, 0.2) is 0 Å². The minimum atomic E-state index is -3.78. The van der Waals surface area contributed by atoms with Crippen LogP contribution in [0.2, 0.25) is 0 Å². The van der Waals surface area contributed by atoms with Gasteiger partial charge in [-0.25, -0.2) is 8.42 Å². The number of aryl methyl sites for hydroxylation is 2. The van der Waals surface area contributed by atoms with Crippen LogP contribution in [-0.2, 0) is 26.2 Å². The molecule has 2 amide bonds. The molecule has 0 saturated heterocycles. The summed E-state index contributed by atoms with van der Waals surface area (Å²) in [4.78, 5) is 28.4. The molecule has 0 aliphatic carbocycles. The van der Waals surface area contributed by atoms with Gasteiger partial charge >= 0.3 is 0 Å². The SMILES string of the molecule is CC[C@H](C(=O)N[C@@H](C)CC)N(Cc1cccc(OC)c1)C(=O)CN(c1ccc(C)cc1C)S(C)(=O)=O. The molecule has 0 fully saturated rings. The van der Waals surface area contributed by atoms with Crippen LogP contribution in [0.4, 0.5) is 5.69 Å². The fourth-order valence-electron chi connectivity index (χ4n) is 4.01. The zero-order valence-corrected chi connectivity index (χ0v) is 23.2. The monoisotopic (exact) mass is 517 g/mol. The van der Waals surface area contributed by atoms with E-state index in [0.717, 1.165) is 33.7 Å². The second-order valence-corrected chi connectivity index (χ2v) is 11.1. The van der Waals surface area contributed by atoms with Gasteiger partial charge in [-0.15, -0.1) is 0 Å². The Balaban J connectivity index is 2.49. The molecule has 8 nitrogen and oxygen atoms in total. The third-order valence-corrected chi connectivity index (χ3v) is 7.30. The molecule has 0 spiro atoms. The molecule has 0 saturated carbocycles. The fraction of sp³-hybridized carbons (Fsp3) is 0.481. The standard InChI is InChI=1S/C27H39N3O5S/c1-8-21(5)28-27(32)24(9-2)29(17-22-11-10-12-23(16-22)35-6)26(31)18-30(36(7,33)34)25-14-13-19(3)15-20(25)4/h10-16,21,24H,8-9,17-18H2,1-7H3,(H,28,32)/t21-,24+/m0/s1. The van der Waals surface area contributed by atoms with Crippen LogP contribution in [0.3, 0.4) is 0 Å². The number of methoxy groups -OCH3 is 1.